The van der Waals surface area contributed by atoms with E-state index in [-0.39, 0.29) is 5.82 Å². The Hall–Kier alpha value is -3.10. The van der Waals surface area contributed by atoms with Gasteiger partial charge in [-0.3, -0.25) is 4.98 Å². The maximum Gasteiger partial charge on any atom is 0.147 e. The fourth-order valence-corrected chi connectivity index (χ4v) is 4.42. The summed E-state index contributed by atoms with van der Waals surface area (Å²) in [7, 11) is 0. The van der Waals surface area contributed by atoms with E-state index in [1.807, 2.05) is 65.0 Å². The topological polar surface area (TPSA) is 55.2 Å². The molecule has 1 saturated heterocycles. The molecule has 2 aromatic carbocycles. The van der Waals surface area contributed by atoms with Crippen molar-refractivity contribution in [3.8, 4) is 5.69 Å². The average molecular weight is 436 g/mol. The first-order valence-corrected chi connectivity index (χ1v) is 11.0. The molecule has 0 amide bonds. The third kappa shape index (κ3) is 4.08. The Morgan fingerprint density at radius 1 is 1.03 bits per heavy atom. The van der Waals surface area contributed by atoms with Crippen LogP contribution in [0, 0.1) is 12.7 Å². The summed E-state index contributed by atoms with van der Waals surface area (Å²) >= 11 is 1.36. The minimum Gasteiger partial charge on any atom is -0.378 e. The van der Waals surface area contributed by atoms with Crippen molar-refractivity contribution in [1.82, 2.24) is 14.8 Å². The second kappa shape index (κ2) is 8.56. The highest BCUT2D eigenvalue weighted by molar-refractivity contribution is 8.00. The maximum atomic E-state index is 14.7. The molecule has 1 N–H and O–H groups in total. The van der Waals surface area contributed by atoms with E-state index in [0.717, 1.165) is 33.0 Å². The summed E-state index contributed by atoms with van der Waals surface area (Å²) in [5.41, 5.74) is 3.36. The van der Waals surface area contributed by atoms with Crippen LogP contribution in [0.1, 0.15) is 5.69 Å². The molecule has 5 rings (SSSR count). The Bertz CT molecular complexity index is 1220. The number of halogens is 1. The molecule has 1 aliphatic heterocycles. The van der Waals surface area contributed by atoms with Gasteiger partial charge in [0.1, 0.15) is 11.6 Å². The molecule has 0 radical (unpaired) electrons. The summed E-state index contributed by atoms with van der Waals surface area (Å²) < 4.78 is 25.3. The fourth-order valence-electron chi connectivity index (χ4n) is 3.75. The molecule has 0 unspecified atom stereocenters. The quantitative estimate of drug-likeness (QED) is 0.454. The van der Waals surface area contributed by atoms with Crippen LogP contribution in [0.3, 0.4) is 0 Å². The van der Waals surface area contributed by atoms with Crippen molar-refractivity contribution in [2.45, 2.75) is 11.8 Å². The highest BCUT2D eigenvalue weighted by atomic mass is 32.2. The Kier molecular flexibility index (Phi) is 5.48. The summed E-state index contributed by atoms with van der Waals surface area (Å²) in [4.78, 5) is 7.25. The number of benzene rings is 2. The standard InChI is InChI=1S/C23H22FN5OS/c1-16-14-23(29(26-16)21-6-2-5-20-18(21)4-3-9-25-20)27-31-17-7-8-22(19(24)15-17)28-10-12-30-13-11-28/h2-9,14-15,27H,10-13H2,1H3. The number of hydrogen-bond donors (Lipinski definition) is 1. The molecule has 31 heavy (non-hydrogen) atoms. The molecule has 0 spiro atoms. The number of nitrogens with zero attached hydrogens (tertiary/aromatic N) is 4. The lowest BCUT2D eigenvalue weighted by molar-refractivity contribution is 0.122. The van der Waals surface area contributed by atoms with E-state index < -0.39 is 0 Å². The second-order valence-electron chi connectivity index (χ2n) is 7.35. The molecule has 0 atom stereocenters. The zero-order valence-corrected chi connectivity index (χ0v) is 17.9. The first-order valence-electron chi connectivity index (χ1n) is 10.1. The monoisotopic (exact) mass is 435 g/mol. The van der Waals surface area contributed by atoms with E-state index in [1.54, 1.807) is 12.3 Å². The zero-order chi connectivity index (χ0) is 21.2. The molecule has 6 nitrogen and oxygen atoms in total. The molecule has 0 bridgehead atoms. The Morgan fingerprint density at radius 2 is 1.90 bits per heavy atom. The number of anilines is 2. The molecule has 4 aromatic rings. The number of rotatable bonds is 5. The van der Waals surface area contributed by atoms with Gasteiger partial charge in [-0.05, 0) is 61.3 Å². The van der Waals surface area contributed by atoms with Gasteiger partial charge in [0.25, 0.3) is 0 Å². The number of pyridine rings is 1. The lowest BCUT2D eigenvalue weighted by Crippen LogP contribution is -2.36. The van der Waals surface area contributed by atoms with Gasteiger partial charge in [-0.2, -0.15) is 5.10 Å². The van der Waals surface area contributed by atoms with Gasteiger partial charge in [-0.15, -0.1) is 0 Å². The van der Waals surface area contributed by atoms with Crippen LogP contribution in [0.15, 0.2) is 65.7 Å². The van der Waals surface area contributed by atoms with Gasteiger partial charge in [-0.25, -0.2) is 9.07 Å². The van der Waals surface area contributed by atoms with Gasteiger partial charge < -0.3 is 14.4 Å². The SMILES string of the molecule is Cc1cc(NSc2ccc(N3CCOCC3)c(F)c2)n(-c2cccc3ncccc23)n1. The number of fused-ring (bicyclic) bond motifs is 1. The first-order chi connectivity index (χ1) is 15.2. The maximum absolute atomic E-state index is 14.7. The Morgan fingerprint density at radius 3 is 2.74 bits per heavy atom. The molecule has 0 saturated carbocycles. The van der Waals surface area contributed by atoms with Crippen molar-refractivity contribution in [3.63, 3.8) is 0 Å². The van der Waals surface area contributed by atoms with Crippen molar-refractivity contribution in [2.24, 2.45) is 0 Å². The predicted molar refractivity (Wildman–Crippen MR) is 123 cm³/mol. The normalized spacial score (nSPS) is 14.2. The number of morpholine rings is 1. The van der Waals surface area contributed by atoms with Crippen LogP contribution in [-0.2, 0) is 4.74 Å². The molecule has 8 heteroatoms. The summed E-state index contributed by atoms with van der Waals surface area (Å²) in [5, 5.41) is 5.67. The number of aryl methyl sites for hydroxylation is 1. The van der Waals surface area contributed by atoms with E-state index in [1.165, 1.54) is 11.9 Å². The minimum absolute atomic E-state index is 0.224. The highest BCUT2D eigenvalue weighted by Crippen LogP contribution is 2.30. The van der Waals surface area contributed by atoms with Crippen molar-refractivity contribution in [2.75, 3.05) is 35.9 Å². The van der Waals surface area contributed by atoms with Crippen molar-refractivity contribution >= 4 is 34.4 Å². The van der Waals surface area contributed by atoms with Gasteiger partial charge in [0.15, 0.2) is 0 Å². The number of nitrogens with one attached hydrogen (secondary N) is 1. The summed E-state index contributed by atoms with van der Waals surface area (Å²) in [5.74, 6) is 0.593. The third-order valence-electron chi connectivity index (χ3n) is 5.23. The molecular weight excluding hydrogens is 413 g/mol. The number of ether oxygens (including phenoxy) is 1. The van der Waals surface area contributed by atoms with E-state index >= 15 is 0 Å². The predicted octanol–water partition coefficient (Wildman–Crippen LogP) is 4.82. The van der Waals surface area contributed by atoms with Crippen LogP contribution in [0.5, 0.6) is 0 Å². The van der Waals surface area contributed by atoms with Crippen LogP contribution in [-0.4, -0.2) is 41.1 Å². The fraction of sp³-hybridized carbons (Fsp3) is 0.217. The van der Waals surface area contributed by atoms with Gasteiger partial charge in [0, 0.05) is 35.6 Å². The van der Waals surface area contributed by atoms with Gasteiger partial charge >= 0.3 is 0 Å². The molecule has 2 aromatic heterocycles. The Balaban J connectivity index is 1.39. The largest absolute Gasteiger partial charge is 0.378 e. The van der Waals surface area contributed by atoms with E-state index in [0.29, 0.717) is 32.0 Å². The molecule has 1 fully saturated rings. The highest BCUT2D eigenvalue weighted by Gasteiger charge is 2.16. The number of hydrogen-bond acceptors (Lipinski definition) is 6. The number of aromatic nitrogens is 3. The van der Waals surface area contributed by atoms with Crippen LogP contribution < -0.4 is 9.62 Å². The molecule has 158 valence electrons. The Labute approximate surface area is 184 Å². The lowest BCUT2D eigenvalue weighted by Gasteiger charge is -2.29. The van der Waals surface area contributed by atoms with Crippen LogP contribution in [0.25, 0.3) is 16.6 Å². The van der Waals surface area contributed by atoms with Crippen LogP contribution in [0.4, 0.5) is 15.9 Å². The van der Waals surface area contributed by atoms with Crippen molar-refractivity contribution in [1.29, 1.82) is 0 Å². The molecular formula is C23H22FN5OS. The summed E-state index contributed by atoms with van der Waals surface area (Å²) in [6, 6.07) is 17.2. The second-order valence-corrected chi connectivity index (χ2v) is 8.23. The zero-order valence-electron chi connectivity index (χ0n) is 17.1. The lowest BCUT2D eigenvalue weighted by atomic mass is 10.2. The average Bonchev–Trinajstić information content (AvgIpc) is 3.18. The van der Waals surface area contributed by atoms with Crippen molar-refractivity contribution < 1.29 is 9.13 Å². The van der Waals surface area contributed by atoms with E-state index in [9.17, 15) is 4.39 Å². The van der Waals surface area contributed by atoms with Gasteiger partial charge in [0.05, 0.1) is 35.8 Å². The van der Waals surface area contributed by atoms with Gasteiger partial charge in [-0.1, -0.05) is 6.07 Å². The summed E-state index contributed by atoms with van der Waals surface area (Å²) in [6.07, 6.45) is 1.78. The molecule has 1 aliphatic rings. The summed E-state index contributed by atoms with van der Waals surface area (Å²) in [6.45, 7) is 4.63. The minimum atomic E-state index is -0.224. The van der Waals surface area contributed by atoms with Gasteiger partial charge in [0.2, 0.25) is 0 Å². The molecule has 0 aliphatic carbocycles. The van der Waals surface area contributed by atoms with Crippen LogP contribution in [0.2, 0.25) is 0 Å². The van der Waals surface area contributed by atoms with E-state index in [4.69, 9.17) is 4.74 Å². The van der Waals surface area contributed by atoms with Crippen molar-refractivity contribution in [3.05, 3.63) is 72.3 Å². The van der Waals surface area contributed by atoms with Crippen LogP contribution >= 0.6 is 11.9 Å². The third-order valence-corrected chi connectivity index (χ3v) is 6.03. The molecule has 3 heterocycles. The first kappa shape index (κ1) is 19.8. The van der Waals surface area contributed by atoms with E-state index in [2.05, 4.69) is 14.8 Å². The smallest absolute Gasteiger partial charge is 0.147 e.